The molecule has 4 heteroatoms. The predicted octanol–water partition coefficient (Wildman–Crippen LogP) is 15.2. The Morgan fingerprint density at radius 2 is 0.951 bits per heavy atom. The molecule has 61 heavy (non-hydrogen) atoms. The van der Waals surface area contributed by atoms with Crippen molar-refractivity contribution < 1.29 is 14.0 Å². The first-order valence-corrected chi connectivity index (χ1v) is 20.0. The van der Waals surface area contributed by atoms with E-state index in [-0.39, 0.29) is 28.4 Å². The summed E-state index contributed by atoms with van der Waals surface area (Å²) in [6.45, 7) is 0. The average molecular weight is 785 g/mol. The molecule has 2 aromatic heterocycles. The van der Waals surface area contributed by atoms with Gasteiger partial charge in [0.2, 0.25) is 0 Å². The van der Waals surface area contributed by atoms with Crippen molar-refractivity contribution in [2.24, 2.45) is 0 Å². The molecule has 0 saturated heterocycles. The second-order valence-electron chi connectivity index (χ2n) is 15.1. The van der Waals surface area contributed by atoms with Gasteiger partial charge in [-0.2, -0.15) is 0 Å². The first kappa shape index (κ1) is 28.3. The number of para-hydroxylation sites is 1. The Labute approximate surface area is 361 Å². The molecule has 0 fully saturated rings. The van der Waals surface area contributed by atoms with E-state index in [1.165, 1.54) is 0 Å². The van der Waals surface area contributed by atoms with Crippen molar-refractivity contribution in [1.29, 1.82) is 0 Å². The van der Waals surface area contributed by atoms with E-state index in [1.54, 1.807) is 6.07 Å². The Morgan fingerprint density at radius 3 is 1.79 bits per heavy atom. The van der Waals surface area contributed by atoms with Gasteiger partial charge in [-0.3, -0.25) is 0 Å². The highest BCUT2D eigenvalue weighted by Crippen LogP contribution is 2.38. The first-order valence-electron chi connectivity index (χ1n) is 23.5. The number of fused-ring (bicyclic) bond motifs is 6. The van der Waals surface area contributed by atoms with Crippen molar-refractivity contribution in [2.75, 3.05) is 0 Å². The fourth-order valence-corrected chi connectivity index (χ4v) is 8.27. The van der Waals surface area contributed by atoms with Crippen LogP contribution in [0.2, 0.25) is 0 Å². The van der Waals surface area contributed by atoms with Crippen molar-refractivity contribution in [1.82, 2.24) is 15.0 Å². The molecule has 0 bridgehead atoms. The van der Waals surface area contributed by atoms with Gasteiger partial charge in [-0.1, -0.05) is 152 Å². The molecule has 12 aromatic rings. The Kier molecular flexibility index (Phi) is 6.61. The highest BCUT2D eigenvalue weighted by molar-refractivity contribution is 6.06. The summed E-state index contributed by atoms with van der Waals surface area (Å²) in [4.78, 5) is 15.5. The van der Waals surface area contributed by atoms with E-state index in [0.717, 1.165) is 71.3 Å². The molecule has 12 rings (SSSR count). The molecule has 0 saturated carbocycles. The third kappa shape index (κ3) is 6.30. The van der Waals surface area contributed by atoms with Crippen LogP contribution in [0.25, 0.3) is 122 Å². The van der Waals surface area contributed by atoms with Crippen LogP contribution in [0.15, 0.2) is 217 Å². The maximum absolute atomic E-state index is 9.55. The van der Waals surface area contributed by atoms with Gasteiger partial charge in [0.25, 0.3) is 0 Å². The summed E-state index contributed by atoms with van der Waals surface area (Å²) in [6, 6.07) is 53.2. The normalized spacial score (nSPS) is 13.2. The summed E-state index contributed by atoms with van der Waals surface area (Å²) in [5, 5.41) is 5.59. The molecule has 284 valence electrons. The van der Waals surface area contributed by atoms with E-state index in [4.69, 9.17) is 26.2 Å². The molecule has 2 heterocycles. The zero-order chi connectivity index (χ0) is 46.4. The molecule has 10 aromatic carbocycles. The van der Waals surface area contributed by atoms with Gasteiger partial charge in [0.05, 0.1) is 9.60 Å². The summed E-state index contributed by atoms with van der Waals surface area (Å²) in [5.74, 6) is 1.16. The first-order chi connectivity index (χ1) is 33.1. The van der Waals surface area contributed by atoms with Gasteiger partial charge in [0.1, 0.15) is 11.2 Å². The molecule has 0 atom stereocenters. The molecule has 0 spiro atoms. The van der Waals surface area contributed by atoms with Crippen molar-refractivity contribution in [3.63, 3.8) is 0 Å². The van der Waals surface area contributed by atoms with Gasteiger partial charge in [0, 0.05) is 27.5 Å². The number of rotatable bonds is 6. The van der Waals surface area contributed by atoms with Gasteiger partial charge in [-0.05, 0) is 126 Å². The maximum Gasteiger partial charge on any atom is 0.164 e. The lowest BCUT2D eigenvalue weighted by Gasteiger charge is -2.14. The van der Waals surface area contributed by atoms with Crippen molar-refractivity contribution >= 4 is 54.3 Å². The third-order valence-corrected chi connectivity index (χ3v) is 11.3. The number of aromatic nitrogens is 3. The van der Waals surface area contributed by atoms with Crippen LogP contribution in [0.3, 0.4) is 0 Å². The molecular weight excluding hydrogens is 743 g/mol. The molecule has 0 N–H and O–H groups in total. The molecule has 4 nitrogen and oxygen atoms in total. The predicted molar refractivity (Wildman–Crippen MR) is 252 cm³/mol. The van der Waals surface area contributed by atoms with Gasteiger partial charge in [-0.15, -0.1) is 0 Å². The lowest BCUT2D eigenvalue weighted by atomic mass is 9.93. The Morgan fingerprint density at radius 1 is 0.328 bits per heavy atom. The molecule has 0 aliphatic carbocycles. The van der Waals surface area contributed by atoms with E-state index in [2.05, 4.69) is 42.5 Å². The quantitative estimate of drug-likeness (QED) is 0.168. The van der Waals surface area contributed by atoms with E-state index >= 15 is 0 Å². The second-order valence-corrected chi connectivity index (χ2v) is 15.1. The Bertz CT molecular complexity index is 4070. The van der Waals surface area contributed by atoms with E-state index in [9.17, 15) is 2.74 Å². The van der Waals surface area contributed by atoms with Crippen LogP contribution in [-0.4, -0.2) is 15.0 Å². The minimum Gasteiger partial charge on any atom is -0.456 e. The number of nitrogens with zero attached hydrogens (tertiary/aromatic N) is 3. The van der Waals surface area contributed by atoms with E-state index in [0.29, 0.717) is 34.2 Å². The van der Waals surface area contributed by atoms with Gasteiger partial charge in [0.15, 0.2) is 17.5 Å². The highest BCUT2D eigenvalue weighted by Gasteiger charge is 2.18. The summed E-state index contributed by atoms with van der Waals surface area (Å²) in [6.07, 6.45) is 0. The van der Waals surface area contributed by atoms with Crippen LogP contribution in [0.4, 0.5) is 0 Å². The number of benzene rings is 10. The fraction of sp³-hybridized carbons (Fsp3) is 0. The second kappa shape index (κ2) is 14.3. The third-order valence-electron chi connectivity index (χ3n) is 11.3. The smallest absolute Gasteiger partial charge is 0.164 e. The van der Waals surface area contributed by atoms with Crippen molar-refractivity contribution in [2.45, 2.75) is 0 Å². The Balaban J connectivity index is 1.12. The van der Waals surface area contributed by atoms with E-state index < -0.39 is 30.2 Å². The van der Waals surface area contributed by atoms with Crippen LogP contribution in [0.5, 0.6) is 0 Å². The summed E-state index contributed by atoms with van der Waals surface area (Å²) >= 11 is 0. The van der Waals surface area contributed by atoms with Gasteiger partial charge < -0.3 is 4.42 Å². The number of hydrogen-bond donors (Lipinski definition) is 0. The monoisotopic (exact) mass is 784 g/mol. The topological polar surface area (TPSA) is 51.8 Å². The zero-order valence-corrected chi connectivity index (χ0v) is 32.4. The Hall–Kier alpha value is -8.21. The lowest BCUT2D eigenvalue weighted by Crippen LogP contribution is -2.01. The van der Waals surface area contributed by atoms with Crippen LogP contribution in [-0.2, 0) is 0 Å². The minimum atomic E-state index is -0.522. The molecule has 0 unspecified atom stereocenters. The fourth-order valence-electron chi connectivity index (χ4n) is 8.27. The lowest BCUT2D eigenvalue weighted by molar-refractivity contribution is 0.669. The minimum absolute atomic E-state index is 0.0461. The van der Waals surface area contributed by atoms with E-state index in [1.807, 2.05) is 121 Å². The molecule has 0 aliphatic rings. The highest BCUT2D eigenvalue weighted by atomic mass is 16.3. The average Bonchev–Trinajstić information content (AvgIpc) is 3.76. The molecule has 0 aliphatic heterocycles. The number of hydrogen-bond acceptors (Lipinski definition) is 4. The summed E-state index contributed by atoms with van der Waals surface area (Å²) in [5.41, 5.74) is 7.75. The van der Waals surface area contributed by atoms with Gasteiger partial charge >= 0.3 is 0 Å². The standard InChI is InChI=1S/C57H35N3O/c1-2-11-36(12-3-1)40-23-24-42-31-44(26-25-41(42)30-40)47-32-46(43-22-21-37-13-4-5-15-39(37)29-43)33-48(34-47)56-58-55(45-27-28-54-52(35-45)50-18-8-9-20-53(50)61-54)59-57(60-56)51-19-10-16-38-14-6-7-17-49(38)51/h1-35H/i4D,5D,13D,15D,21D,22D,29D. The van der Waals surface area contributed by atoms with Crippen LogP contribution in [0.1, 0.15) is 9.60 Å². The zero-order valence-electron chi connectivity index (χ0n) is 39.4. The maximum atomic E-state index is 9.55. The number of furan rings is 1. The largest absolute Gasteiger partial charge is 0.456 e. The van der Waals surface area contributed by atoms with Crippen LogP contribution in [0, 0.1) is 0 Å². The summed E-state index contributed by atoms with van der Waals surface area (Å²) in [7, 11) is 0. The SMILES string of the molecule is [2H]c1c([2H])c([2H])c2c([2H])c(-c3cc(-c4ccc5cc(-c6ccccc6)ccc5c4)cc(-c4nc(-c5ccc6oc7ccccc7c6c5)nc(-c5cccc6ccccc56)n4)c3)c([2H])c([2H])c2c1[2H]. The van der Waals surface area contributed by atoms with Crippen LogP contribution >= 0.6 is 0 Å². The summed E-state index contributed by atoms with van der Waals surface area (Å²) < 4.78 is 68.6. The van der Waals surface area contributed by atoms with Crippen molar-refractivity contribution in [3.8, 4) is 67.5 Å². The van der Waals surface area contributed by atoms with Crippen LogP contribution < -0.4 is 0 Å². The van der Waals surface area contributed by atoms with Crippen molar-refractivity contribution in [3.05, 3.63) is 212 Å². The molecular formula is C57H35N3O. The van der Waals surface area contributed by atoms with Gasteiger partial charge in [-0.25, -0.2) is 15.0 Å². The molecule has 0 amide bonds. The molecule has 0 radical (unpaired) electrons.